The number of carbonyl (C=O) groups is 2. The molecule has 0 radical (unpaired) electrons. The van der Waals surface area contributed by atoms with Crippen molar-refractivity contribution in [2.24, 2.45) is 0 Å². The number of carbonyl (C=O) groups excluding carboxylic acids is 2. The molecule has 1 aliphatic rings. The third-order valence-electron chi connectivity index (χ3n) is 4.54. The van der Waals surface area contributed by atoms with Gasteiger partial charge in [0.05, 0.1) is 14.9 Å². The lowest BCUT2D eigenvalue weighted by atomic mass is 10.2. The minimum absolute atomic E-state index is 0.147. The molecule has 1 N–H and O–H groups in total. The zero-order valence-corrected chi connectivity index (χ0v) is 17.6. The lowest BCUT2D eigenvalue weighted by molar-refractivity contribution is -0.117. The number of rotatable bonds is 5. The predicted molar refractivity (Wildman–Crippen MR) is 114 cm³/mol. The monoisotopic (exact) mass is 431 g/mol. The average Bonchev–Trinajstić information content (AvgIpc) is 3.40. The Balaban J connectivity index is 1.45. The van der Waals surface area contributed by atoms with Crippen molar-refractivity contribution in [1.82, 2.24) is 10.3 Å². The van der Waals surface area contributed by atoms with Gasteiger partial charge >= 0.3 is 0 Å². The molecule has 3 heterocycles. The summed E-state index contributed by atoms with van der Waals surface area (Å²) in [5.74, 6) is 0.00855. The SMILES string of the molecule is Cc1nc(-c2ccc(Cl)s2)sc1C(=O)NCc1cccc(N2CCCC2=O)c1. The Morgan fingerprint density at radius 3 is 2.86 bits per heavy atom. The van der Waals surface area contributed by atoms with Crippen LogP contribution in [0.25, 0.3) is 9.88 Å². The third-order valence-corrected chi connectivity index (χ3v) is 7.09. The van der Waals surface area contributed by atoms with E-state index in [0.717, 1.165) is 34.1 Å². The normalized spacial score (nSPS) is 13.9. The highest BCUT2D eigenvalue weighted by Gasteiger charge is 2.22. The van der Waals surface area contributed by atoms with Crippen molar-refractivity contribution >= 4 is 51.8 Å². The zero-order valence-electron chi connectivity index (χ0n) is 15.2. The van der Waals surface area contributed by atoms with Crippen molar-refractivity contribution in [3.8, 4) is 9.88 Å². The largest absolute Gasteiger partial charge is 0.347 e. The van der Waals surface area contributed by atoms with Gasteiger partial charge in [-0.05, 0) is 43.2 Å². The molecule has 0 aliphatic carbocycles. The Morgan fingerprint density at radius 1 is 1.29 bits per heavy atom. The third kappa shape index (κ3) is 3.97. The number of benzene rings is 1. The van der Waals surface area contributed by atoms with Gasteiger partial charge in [0.15, 0.2) is 0 Å². The van der Waals surface area contributed by atoms with Crippen molar-refractivity contribution < 1.29 is 9.59 Å². The second-order valence-electron chi connectivity index (χ2n) is 6.54. The molecule has 1 aromatic carbocycles. The van der Waals surface area contributed by atoms with Crippen LogP contribution in [-0.4, -0.2) is 23.3 Å². The molecule has 2 amide bonds. The average molecular weight is 432 g/mol. The fraction of sp³-hybridized carbons (Fsp3) is 0.250. The number of aromatic nitrogens is 1. The summed E-state index contributed by atoms with van der Waals surface area (Å²) >= 11 is 8.81. The van der Waals surface area contributed by atoms with Gasteiger partial charge in [-0.2, -0.15) is 0 Å². The van der Waals surface area contributed by atoms with Crippen molar-refractivity contribution in [3.63, 3.8) is 0 Å². The van der Waals surface area contributed by atoms with Crippen molar-refractivity contribution in [1.29, 1.82) is 0 Å². The van der Waals surface area contributed by atoms with E-state index in [1.807, 2.05) is 43.3 Å². The van der Waals surface area contributed by atoms with E-state index in [2.05, 4.69) is 10.3 Å². The quantitative estimate of drug-likeness (QED) is 0.625. The van der Waals surface area contributed by atoms with Crippen LogP contribution in [0.2, 0.25) is 4.34 Å². The Morgan fingerprint density at radius 2 is 2.14 bits per heavy atom. The highest BCUT2D eigenvalue weighted by Crippen LogP contribution is 2.35. The predicted octanol–water partition coefficient (Wildman–Crippen LogP) is 4.89. The maximum Gasteiger partial charge on any atom is 0.263 e. The molecule has 8 heteroatoms. The highest BCUT2D eigenvalue weighted by molar-refractivity contribution is 7.24. The van der Waals surface area contributed by atoms with E-state index in [1.54, 1.807) is 4.90 Å². The van der Waals surface area contributed by atoms with E-state index in [0.29, 0.717) is 27.9 Å². The number of hydrogen-bond acceptors (Lipinski definition) is 5. The molecule has 0 unspecified atom stereocenters. The van der Waals surface area contributed by atoms with Crippen LogP contribution >= 0.6 is 34.3 Å². The number of thiophene rings is 1. The van der Waals surface area contributed by atoms with E-state index in [4.69, 9.17) is 11.6 Å². The number of nitrogens with one attached hydrogen (secondary N) is 1. The van der Waals surface area contributed by atoms with E-state index < -0.39 is 0 Å². The molecule has 3 aromatic rings. The number of nitrogens with zero attached hydrogens (tertiary/aromatic N) is 2. The lowest BCUT2D eigenvalue weighted by Crippen LogP contribution is -2.25. The van der Waals surface area contributed by atoms with Gasteiger partial charge in [-0.1, -0.05) is 23.7 Å². The fourth-order valence-electron chi connectivity index (χ4n) is 3.16. The topological polar surface area (TPSA) is 62.3 Å². The Hall–Kier alpha value is -2.22. The standard InChI is InChI=1S/C20H18ClN3O2S2/c1-12-18(28-20(23-12)15-7-8-16(21)27-15)19(26)22-11-13-4-2-5-14(10-13)24-9-3-6-17(24)25/h2,4-5,7-8,10H,3,6,9,11H2,1H3,(H,22,26). The molecule has 1 saturated heterocycles. The molecule has 0 saturated carbocycles. The van der Waals surface area contributed by atoms with Gasteiger partial charge in [0.2, 0.25) is 5.91 Å². The summed E-state index contributed by atoms with van der Waals surface area (Å²) < 4.78 is 0.699. The maximum absolute atomic E-state index is 12.7. The summed E-state index contributed by atoms with van der Waals surface area (Å²) in [4.78, 5) is 32.5. The highest BCUT2D eigenvalue weighted by atomic mass is 35.5. The molecule has 5 nitrogen and oxygen atoms in total. The lowest BCUT2D eigenvalue weighted by Gasteiger charge is -2.16. The number of halogens is 1. The molecule has 28 heavy (non-hydrogen) atoms. The first kappa shape index (κ1) is 19.1. The minimum atomic E-state index is -0.147. The molecular formula is C20H18ClN3O2S2. The Kier molecular flexibility index (Phi) is 5.48. The number of amides is 2. The number of aryl methyl sites for hydroxylation is 1. The molecule has 4 rings (SSSR count). The maximum atomic E-state index is 12.7. The minimum Gasteiger partial charge on any atom is -0.347 e. The summed E-state index contributed by atoms with van der Waals surface area (Å²) in [7, 11) is 0. The first-order valence-corrected chi connectivity index (χ1v) is 10.9. The second-order valence-corrected chi connectivity index (χ2v) is 9.25. The summed E-state index contributed by atoms with van der Waals surface area (Å²) in [6, 6.07) is 11.5. The number of thiazole rings is 1. The number of anilines is 1. The second kappa shape index (κ2) is 8.03. The summed E-state index contributed by atoms with van der Waals surface area (Å²) in [5, 5.41) is 3.76. The first-order valence-electron chi connectivity index (χ1n) is 8.92. The Labute approximate surface area is 176 Å². The van der Waals surface area contributed by atoms with Crippen LogP contribution in [0.4, 0.5) is 5.69 Å². The molecular weight excluding hydrogens is 414 g/mol. The van der Waals surface area contributed by atoms with Gasteiger partial charge in [-0.15, -0.1) is 22.7 Å². The number of hydrogen-bond donors (Lipinski definition) is 1. The van der Waals surface area contributed by atoms with E-state index in [-0.39, 0.29) is 11.8 Å². The summed E-state index contributed by atoms with van der Waals surface area (Å²) in [5.41, 5.74) is 2.55. The van der Waals surface area contributed by atoms with Crippen LogP contribution in [0, 0.1) is 6.92 Å². The van der Waals surface area contributed by atoms with Crippen molar-refractivity contribution in [3.05, 3.63) is 56.9 Å². The van der Waals surface area contributed by atoms with Crippen LogP contribution in [0.1, 0.15) is 33.8 Å². The Bertz CT molecular complexity index is 1040. The summed E-state index contributed by atoms with van der Waals surface area (Å²) in [6.45, 7) is 2.99. The van der Waals surface area contributed by atoms with Crippen LogP contribution in [0.5, 0.6) is 0 Å². The van der Waals surface area contributed by atoms with Gasteiger partial charge in [0.25, 0.3) is 5.91 Å². The first-order chi connectivity index (χ1) is 13.5. The molecule has 0 atom stereocenters. The molecule has 1 fully saturated rings. The summed E-state index contributed by atoms with van der Waals surface area (Å²) in [6.07, 6.45) is 1.49. The molecule has 2 aromatic heterocycles. The van der Waals surface area contributed by atoms with Gasteiger partial charge in [0.1, 0.15) is 9.88 Å². The van der Waals surface area contributed by atoms with Crippen molar-refractivity contribution in [2.75, 3.05) is 11.4 Å². The molecule has 144 valence electrons. The molecule has 1 aliphatic heterocycles. The molecule has 0 spiro atoms. The van der Waals surface area contributed by atoms with Crippen LogP contribution in [0.15, 0.2) is 36.4 Å². The van der Waals surface area contributed by atoms with Crippen LogP contribution in [-0.2, 0) is 11.3 Å². The van der Waals surface area contributed by atoms with Gasteiger partial charge < -0.3 is 10.2 Å². The van der Waals surface area contributed by atoms with Gasteiger partial charge in [0, 0.05) is 25.2 Å². The van der Waals surface area contributed by atoms with E-state index in [1.165, 1.54) is 22.7 Å². The zero-order chi connectivity index (χ0) is 19.7. The van der Waals surface area contributed by atoms with Crippen molar-refractivity contribution in [2.45, 2.75) is 26.3 Å². The van der Waals surface area contributed by atoms with Gasteiger partial charge in [-0.25, -0.2) is 4.98 Å². The fourth-order valence-corrected chi connectivity index (χ4v) is 5.24. The van der Waals surface area contributed by atoms with Crippen LogP contribution < -0.4 is 10.2 Å². The van der Waals surface area contributed by atoms with Gasteiger partial charge in [-0.3, -0.25) is 9.59 Å². The molecule has 0 bridgehead atoms. The van der Waals surface area contributed by atoms with Crippen LogP contribution in [0.3, 0.4) is 0 Å². The van der Waals surface area contributed by atoms with E-state index in [9.17, 15) is 9.59 Å². The van der Waals surface area contributed by atoms with E-state index >= 15 is 0 Å². The smallest absolute Gasteiger partial charge is 0.263 e.